The highest BCUT2D eigenvalue weighted by Crippen LogP contribution is 2.27. The van der Waals surface area contributed by atoms with Crippen LogP contribution >= 0.6 is 23.2 Å². The molecule has 0 saturated heterocycles. The molecule has 0 aliphatic carbocycles. The summed E-state index contributed by atoms with van der Waals surface area (Å²) in [5.74, 6) is -0.519. The van der Waals surface area contributed by atoms with Crippen LogP contribution in [0.3, 0.4) is 0 Å². The van der Waals surface area contributed by atoms with Crippen molar-refractivity contribution in [3.63, 3.8) is 0 Å². The number of benzene rings is 3. The molecule has 0 radical (unpaired) electrons. The summed E-state index contributed by atoms with van der Waals surface area (Å²) in [5, 5.41) is 3.67. The molecule has 8 heteroatoms. The first kappa shape index (κ1) is 27.5. The van der Waals surface area contributed by atoms with E-state index in [-0.39, 0.29) is 35.8 Å². The highest BCUT2D eigenvalue weighted by atomic mass is 35.5. The highest BCUT2D eigenvalue weighted by Gasteiger charge is 2.31. The molecule has 0 unspecified atom stereocenters. The van der Waals surface area contributed by atoms with Crippen LogP contribution in [0.5, 0.6) is 5.75 Å². The molecule has 3 aromatic carbocycles. The van der Waals surface area contributed by atoms with Crippen molar-refractivity contribution in [2.75, 3.05) is 13.2 Å². The maximum Gasteiger partial charge on any atom is 0.261 e. The van der Waals surface area contributed by atoms with Crippen LogP contribution < -0.4 is 10.1 Å². The zero-order valence-electron chi connectivity index (χ0n) is 20.2. The standard InChI is InChI=1S/C28H29Cl2FN2O3/c1-19(2)16-32-28(35)25(14-20-6-4-3-5-7-20)33(17-21-8-11-23(31)12-9-21)27(34)18-36-26-13-10-22(29)15-24(26)30/h3-13,15,19,25H,14,16-18H2,1-2H3,(H,32,35)/t25-/m1/s1. The van der Waals surface area contributed by atoms with Gasteiger partial charge in [-0.25, -0.2) is 4.39 Å². The third-order valence-electron chi connectivity index (χ3n) is 5.47. The van der Waals surface area contributed by atoms with Gasteiger partial charge in [-0.3, -0.25) is 9.59 Å². The molecule has 0 spiro atoms. The van der Waals surface area contributed by atoms with Crippen molar-refractivity contribution in [2.24, 2.45) is 5.92 Å². The van der Waals surface area contributed by atoms with Gasteiger partial charge in [-0.05, 0) is 47.4 Å². The first-order chi connectivity index (χ1) is 17.2. The van der Waals surface area contributed by atoms with Gasteiger partial charge in [-0.15, -0.1) is 0 Å². The lowest BCUT2D eigenvalue weighted by Crippen LogP contribution is -2.52. The van der Waals surface area contributed by atoms with E-state index in [1.54, 1.807) is 24.3 Å². The largest absolute Gasteiger partial charge is 0.482 e. The minimum Gasteiger partial charge on any atom is -0.482 e. The summed E-state index contributed by atoms with van der Waals surface area (Å²) in [5.41, 5.74) is 1.59. The summed E-state index contributed by atoms with van der Waals surface area (Å²) in [7, 11) is 0. The molecular formula is C28H29Cl2FN2O3. The molecule has 0 fully saturated rings. The van der Waals surface area contributed by atoms with E-state index >= 15 is 0 Å². The highest BCUT2D eigenvalue weighted by molar-refractivity contribution is 6.35. The Morgan fingerprint density at radius 3 is 2.31 bits per heavy atom. The number of carbonyl (C=O) groups is 2. The van der Waals surface area contributed by atoms with Crippen molar-refractivity contribution < 1.29 is 18.7 Å². The fourth-order valence-corrected chi connectivity index (χ4v) is 4.04. The van der Waals surface area contributed by atoms with Gasteiger partial charge in [0.1, 0.15) is 17.6 Å². The van der Waals surface area contributed by atoms with Crippen molar-refractivity contribution >= 4 is 35.0 Å². The Kier molecular flexibility index (Phi) is 10.1. The number of hydrogen-bond donors (Lipinski definition) is 1. The molecule has 5 nitrogen and oxygen atoms in total. The van der Waals surface area contributed by atoms with Gasteiger partial charge in [0.2, 0.25) is 5.91 Å². The molecule has 36 heavy (non-hydrogen) atoms. The zero-order chi connectivity index (χ0) is 26.1. The summed E-state index contributed by atoms with van der Waals surface area (Å²) in [6, 6.07) is 19.2. The van der Waals surface area contributed by atoms with E-state index in [1.807, 2.05) is 44.2 Å². The first-order valence-electron chi connectivity index (χ1n) is 11.7. The van der Waals surface area contributed by atoms with Crippen LogP contribution in [0.15, 0.2) is 72.8 Å². The second-order valence-corrected chi connectivity index (χ2v) is 9.70. The molecule has 0 aliphatic rings. The SMILES string of the molecule is CC(C)CNC(=O)[C@@H](Cc1ccccc1)N(Cc1ccc(F)cc1)C(=O)COc1ccc(Cl)cc1Cl. The number of hydrogen-bond acceptors (Lipinski definition) is 3. The fourth-order valence-electron chi connectivity index (χ4n) is 3.58. The van der Waals surface area contributed by atoms with E-state index in [9.17, 15) is 14.0 Å². The Morgan fingerprint density at radius 1 is 0.972 bits per heavy atom. The molecule has 1 N–H and O–H groups in total. The molecule has 0 bridgehead atoms. The lowest BCUT2D eigenvalue weighted by molar-refractivity contribution is -0.142. The summed E-state index contributed by atoms with van der Waals surface area (Å²) >= 11 is 12.1. The van der Waals surface area contributed by atoms with Crippen LogP contribution in [0.25, 0.3) is 0 Å². The van der Waals surface area contributed by atoms with Crippen LogP contribution in [0, 0.1) is 11.7 Å². The van der Waals surface area contributed by atoms with E-state index in [4.69, 9.17) is 27.9 Å². The predicted molar refractivity (Wildman–Crippen MR) is 141 cm³/mol. The van der Waals surface area contributed by atoms with Crippen LogP contribution in [0.4, 0.5) is 4.39 Å². The molecule has 1 atom stereocenters. The Hall–Kier alpha value is -3.09. The van der Waals surface area contributed by atoms with Crippen molar-refractivity contribution in [3.8, 4) is 5.75 Å². The number of rotatable bonds is 11. The minimum absolute atomic E-state index is 0.101. The van der Waals surface area contributed by atoms with E-state index < -0.39 is 11.9 Å². The number of ether oxygens (including phenoxy) is 1. The Labute approximate surface area is 221 Å². The van der Waals surface area contributed by atoms with Crippen LogP contribution in [0.1, 0.15) is 25.0 Å². The van der Waals surface area contributed by atoms with E-state index in [0.29, 0.717) is 29.3 Å². The quantitative estimate of drug-likeness (QED) is 0.334. The van der Waals surface area contributed by atoms with Crippen LogP contribution in [-0.4, -0.2) is 35.9 Å². The third-order valence-corrected chi connectivity index (χ3v) is 6.00. The summed E-state index contributed by atoms with van der Waals surface area (Å²) < 4.78 is 19.2. The minimum atomic E-state index is -0.812. The fraction of sp³-hybridized carbons (Fsp3) is 0.286. The normalized spacial score (nSPS) is 11.7. The van der Waals surface area contributed by atoms with Gasteiger partial charge in [-0.2, -0.15) is 0 Å². The van der Waals surface area contributed by atoms with Gasteiger partial charge < -0.3 is 15.0 Å². The number of carbonyl (C=O) groups excluding carboxylic acids is 2. The van der Waals surface area contributed by atoms with Crippen molar-refractivity contribution in [3.05, 3.63) is 99.8 Å². The average molecular weight is 531 g/mol. The Balaban J connectivity index is 1.90. The zero-order valence-corrected chi connectivity index (χ0v) is 21.7. The molecule has 0 saturated carbocycles. The lowest BCUT2D eigenvalue weighted by atomic mass is 10.0. The van der Waals surface area contributed by atoms with Crippen molar-refractivity contribution in [1.82, 2.24) is 10.2 Å². The topological polar surface area (TPSA) is 58.6 Å². The smallest absolute Gasteiger partial charge is 0.261 e. The number of amides is 2. The lowest BCUT2D eigenvalue weighted by Gasteiger charge is -2.31. The molecule has 3 aromatic rings. The van der Waals surface area contributed by atoms with E-state index in [1.165, 1.54) is 23.1 Å². The van der Waals surface area contributed by atoms with Gasteiger partial charge in [0, 0.05) is 24.5 Å². The van der Waals surface area contributed by atoms with Gasteiger partial charge in [0.05, 0.1) is 5.02 Å². The second kappa shape index (κ2) is 13.3. The van der Waals surface area contributed by atoms with Gasteiger partial charge in [0.25, 0.3) is 5.91 Å². The van der Waals surface area contributed by atoms with Gasteiger partial charge in [-0.1, -0.05) is 79.5 Å². The van der Waals surface area contributed by atoms with Gasteiger partial charge >= 0.3 is 0 Å². The first-order valence-corrected chi connectivity index (χ1v) is 12.4. The van der Waals surface area contributed by atoms with Crippen LogP contribution in [-0.2, 0) is 22.6 Å². The van der Waals surface area contributed by atoms with Crippen molar-refractivity contribution in [2.45, 2.75) is 32.9 Å². The number of nitrogens with one attached hydrogen (secondary N) is 1. The molecular weight excluding hydrogens is 502 g/mol. The summed E-state index contributed by atoms with van der Waals surface area (Å²) in [6.45, 7) is 4.23. The van der Waals surface area contributed by atoms with Crippen molar-refractivity contribution in [1.29, 1.82) is 0 Å². The second-order valence-electron chi connectivity index (χ2n) is 8.86. The molecule has 2 amide bonds. The molecule has 0 aromatic heterocycles. The molecule has 0 heterocycles. The van der Waals surface area contributed by atoms with Gasteiger partial charge in [0.15, 0.2) is 6.61 Å². The number of halogens is 3. The summed E-state index contributed by atoms with van der Waals surface area (Å²) in [4.78, 5) is 28.4. The third kappa shape index (κ3) is 8.25. The average Bonchev–Trinajstić information content (AvgIpc) is 2.85. The van der Waals surface area contributed by atoms with E-state index in [2.05, 4.69) is 5.32 Å². The molecule has 0 aliphatic heterocycles. The molecule has 190 valence electrons. The maximum absolute atomic E-state index is 13.5. The van der Waals surface area contributed by atoms with E-state index in [0.717, 1.165) is 5.56 Å². The summed E-state index contributed by atoms with van der Waals surface area (Å²) in [6.07, 6.45) is 0.305. The Morgan fingerprint density at radius 2 is 1.67 bits per heavy atom. The van der Waals surface area contributed by atoms with Crippen LogP contribution in [0.2, 0.25) is 10.0 Å². The maximum atomic E-state index is 13.5. The predicted octanol–water partition coefficient (Wildman–Crippen LogP) is 5.92. The molecule has 3 rings (SSSR count). The Bertz CT molecular complexity index is 1160. The monoisotopic (exact) mass is 530 g/mol. The number of nitrogens with zero attached hydrogens (tertiary/aromatic N) is 1.